The first-order valence-electron chi connectivity index (χ1n) is 8.73. The van der Waals surface area contributed by atoms with Gasteiger partial charge in [-0.3, -0.25) is 9.52 Å². The molecule has 1 amide bonds. The Morgan fingerprint density at radius 2 is 1.82 bits per heavy atom. The Morgan fingerprint density at radius 3 is 2.46 bits per heavy atom. The summed E-state index contributed by atoms with van der Waals surface area (Å²) in [5.41, 5.74) is 2.89. The highest BCUT2D eigenvalue weighted by Gasteiger charge is 2.21. The Balaban J connectivity index is 1.92. The molecule has 2 aromatic carbocycles. The number of nitrogens with zero attached hydrogens (tertiary/aromatic N) is 1. The minimum Gasteiger partial charge on any atom is -0.440 e. The van der Waals surface area contributed by atoms with Gasteiger partial charge in [0.1, 0.15) is 5.52 Å². The SMILES string of the molecule is Cc1ccc(NS(C)(=O)=O)c(C(=O)Nc2ccc3oc(C(C)(C)C)nc3c2)c1. The Morgan fingerprint density at radius 1 is 1.11 bits per heavy atom. The monoisotopic (exact) mass is 401 g/mol. The fourth-order valence-electron chi connectivity index (χ4n) is 2.66. The third-order valence-electron chi connectivity index (χ3n) is 4.00. The fourth-order valence-corrected chi connectivity index (χ4v) is 3.24. The zero-order valence-corrected chi connectivity index (χ0v) is 17.3. The van der Waals surface area contributed by atoms with Crippen LogP contribution in [0.5, 0.6) is 0 Å². The highest BCUT2D eigenvalue weighted by molar-refractivity contribution is 7.92. The normalized spacial score (nSPS) is 12.2. The van der Waals surface area contributed by atoms with Gasteiger partial charge in [0.2, 0.25) is 15.9 Å². The highest BCUT2D eigenvalue weighted by Crippen LogP contribution is 2.28. The first-order chi connectivity index (χ1) is 12.9. The molecule has 0 unspecified atom stereocenters. The molecule has 0 saturated carbocycles. The number of carbonyl (C=O) groups is 1. The Bertz CT molecular complexity index is 1160. The van der Waals surface area contributed by atoms with Crippen LogP contribution >= 0.6 is 0 Å². The molecule has 28 heavy (non-hydrogen) atoms. The number of amides is 1. The minimum absolute atomic E-state index is 0.225. The quantitative estimate of drug-likeness (QED) is 0.686. The largest absolute Gasteiger partial charge is 0.440 e. The first-order valence-corrected chi connectivity index (χ1v) is 10.6. The van der Waals surface area contributed by atoms with E-state index in [0.29, 0.717) is 22.7 Å². The summed E-state index contributed by atoms with van der Waals surface area (Å²) in [6.45, 7) is 7.85. The van der Waals surface area contributed by atoms with E-state index in [1.165, 1.54) is 0 Å². The second-order valence-corrected chi connectivity index (χ2v) is 9.58. The van der Waals surface area contributed by atoms with Gasteiger partial charge in [0, 0.05) is 11.1 Å². The number of benzene rings is 2. The van der Waals surface area contributed by atoms with Crippen molar-refractivity contribution in [3.05, 3.63) is 53.4 Å². The number of aromatic nitrogens is 1. The Kier molecular flexibility index (Phi) is 4.93. The Labute approximate surface area is 164 Å². The van der Waals surface area contributed by atoms with Gasteiger partial charge in [0.15, 0.2) is 5.58 Å². The third kappa shape index (κ3) is 4.51. The van der Waals surface area contributed by atoms with E-state index in [4.69, 9.17) is 4.42 Å². The van der Waals surface area contributed by atoms with Gasteiger partial charge in [-0.05, 0) is 37.3 Å². The second-order valence-electron chi connectivity index (χ2n) is 7.83. The van der Waals surface area contributed by atoms with Crippen molar-refractivity contribution in [2.24, 2.45) is 0 Å². The zero-order chi connectivity index (χ0) is 20.7. The molecular weight excluding hydrogens is 378 g/mol. The summed E-state index contributed by atoms with van der Waals surface area (Å²) in [5.74, 6) is 0.193. The van der Waals surface area contributed by atoms with Crippen LogP contribution in [-0.4, -0.2) is 25.6 Å². The zero-order valence-electron chi connectivity index (χ0n) is 16.5. The number of anilines is 2. The number of fused-ring (bicyclic) bond motifs is 1. The average molecular weight is 401 g/mol. The maximum Gasteiger partial charge on any atom is 0.257 e. The van der Waals surface area contributed by atoms with Crippen molar-refractivity contribution in [1.82, 2.24) is 4.98 Å². The van der Waals surface area contributed by atoms with Crippen molar-refractivity contribution < 1.29 is 17.6 Å². The second kappa shape index (κ2) is 6.94. The fraction of sp³-hybridized carbons (Fsp3) is 0.300. The van der Waals surface area contributed by atoms with E-state index < -0.39 is 15.9 Å². The molecule has 0 atom stereocenters. The van der Waals surface area contributed by atoms with E-state index in [2.05, 4.69) is 15.0 Å². The minimum atomic E-state index is -3.51. The topological polar surface area (TPSA) is 101 Å². The molecule has 7 nitrogen and oxygen atoms in total. The molecule has 3 rings (SSSR count). The lowest BCUT2D eigenvalue weighted by Gasteiger charge is -2.12. The molecule has 0 aliphatic heterocycles. The molecule has 1 heterocycles. The molecule has 1 aromatic heterocycles. The Hall–Kier alpha value is -2.87. The summed E-state index contributed by atoms with van der Waals surface area (Å²) in [7, 11) is -3.51. The lowest BCUT2D eigenvalue weighted by atomic mass is 9.97. The van der Waals surface area contributed by atoms with Crippen LogP contribution in [0, 0.1) is 6.92 Å². The van der Waals surface area contributed by atoms with Crippen molar-refractivity contribution in [2.75, 3.05) is 16.3 Å². The van der Waals surface area contributed by atoms with Crippen LogP contribution in [0.2, 0.25) is 0 Å². The third-order valence-corrected chi connectivity index (χ3v) is 4.59. The molecule has 3 aromatic rings. The van der Waals surface area contributed by atoms with Gasteiger partial charge in [-0.15, -0.1) is 0 Å². The van der Waals surface area contributed by atoms with Gasteiger partial charge >= 0.3 is 0 Å². The standard InChI is InChI=1S/C20H23N3O4S/c1-12-6-8-15(23-28(5,25)26)14(10-12)18(24)21-13-7-9-17-16(11-13)22-19(27-17)20(2,3)4/h6-11,23H,1-5H3,(H,21,24). The number of aryl methyl sites for hydroxylation is 1. The summed E-state index contributed by atoms with van der Waals surface area (Å²) in [4.78, 5) is 17.3. The van der Waals surface area contributed by atoms with Crippen LogP contribution in [-0.2, 0) is 15.4 Å². The van der Waals surface area contributed by atoms with Crippen LogP contribution in [0.4, 0.5) is 11.4 Å². The predicted octanol–water partition coefficient (Wildman–Crippen LogP) is 4.06. The predicted molar refractivity (Wildman–Crippen MR) is 110 cm³/mol. The summed E-state index contributed by atoms with van der Waals surface area (Å²) >= 11 is 0. The summed E-state index contributed by atoms with van der Waals surface area (Å²) < 4.78 is 31.3. The number of oxazole rings is 1. The first kappa shape index (κ1) is 19.9. The van der Waals surface area contributed by atoms with Gasteiger partial charge < -0.3 is 9.73 Å². The van der Waals surface area contributed by atoms with E-state index in [-0.39, 0.29) is 16.7 Å². The molecule has 0 aliphatic carbocycles. The summed E-state index contributed by atoms with van der Waals surface area (Å²) in [5, 5.41) is 2.80. The maximum absolute atomic E-state index is 12.8. The maximum atomic E-state index is 12.8. The van der Waals surface area contributed by atoms with Crippen molar-refractivity contribution in [2.45, 2.75) is 33.1 Å². The number of carbonyl (C=O) groups excluding carboxylic acids is 1. The molecular formula is C20H23N3O4S. The lowest BCUT2D eigenvalue weighted by Crippen LogP contribution is -2.17. The van der Waals surface area contributed by atoms with E-state index in [9.17, 15) is 13.2 Å². The van der Waals surface area contributed by atoms with Crippen molar-refractivity contribution in [3.63, 3.8) is 0 Å². The van der Waals surface area contributed by atoms with Crippen molar-refractivity contribution >= 4 is 38.4 Å². The molecule has 0 fully saturated rings. The van der Waals surface area contributed by atoms with E-state index in [1.54, 1.807) is 36.4 Å². The molecule has 148 valence electrons. The van der Waals surface area contributed by atoms with Gasteiger partial charge in [0.05, 0.1) is 17.5 Å². The lowest BCUT2D eigenvalue weighted by molar-refractivity contribution is 0.102. The van der Waals surface area contributed by atoms with E-state index in [0.717, 1.165) is 11.8 Å². The van der Waals surface area contributed by atoms with Gasteiger partial charge in [-0.25, -0.2) is 13.4 Å². The number of rotatable bonds is 4. The van der Waals surface area contributed by atoms with E-state index >= 15 is 0 Å². The number of sulfonamides is 1. The molecule has 2 N–H and O–H groups in total. The molecule has 0 bridgehead atoms. The number of hydrogen-bond donors (Lipinski definition) is 2. The van der Waals surface area contributed by atoms with Crippen LogP contribution < -0.4 is 10.0 Å². The average Bonchev–Trinajstić information content (AvgIpc) is 2.99. The summed E-state index contributed by atoms with van der Waals surface area (Å²) in [6.07, 6.45) is 1.04. The van der Waals surface area contributed by atoms with Crippen molar-refractivity contribution in [3.8, 4) is 0 Å². The molecule has 0 saturated heterocycles. The van der Waals surface area contributed by atoms with E-state index in [1.807, 2.05) is 27.7 Å². The number of hydrogen-bond acceptors (Lipinski definition) is 5. The van der Waals surface area contributed by atoms with Crippen LogP contribution in [0.15, 0.2) is 40.8 Å². The molecule has 0 aliphatic rings. The smallest absolute Gasteiger partial charge is 0.257 e. The van der Waals surface area contributed by atoms with Crippen LogP contribution in [0.3, 0.4) is 0 Å². The van der Waals surface area contributed by atoms with Crippen molar-refractivity contribution in [1.29, 1.82) is 0 Å². The summed E-state index contributed by atoms with van der Waals surface area (Å²) in [6, 6.07) is 10.1. The highest BCUT2D eigenvalue weighted by atomic mass is 32.2. The van der Waals surface area contributed by atoms with Crippen LogP contribution in [0.1, 0.15) is 42.6 Å². The van der Waals surface area contributed by atoms with Gasteiger partial charge in [0.25, 0.3) is 5.91 Å². The number of nitrogens with one attached hydrogen (secondary N) is 2. The molecule has 0 spiro atoms. The van der Waals surface area contributed by atoms with Gasteiger partial charge in [-0.1, -0.05) is 32.4 Å². The van der Waals surface area contributed by atoms with Gasteiger partial charge in [-0.2, -0.15) is 0 Å². The molecule has 0 radical (unpaired) electrons. The molecule has 8 heteroatoms. The van der Waals surface area contributed by atoms with Crippen LogP contribution in [0.25, 0.3) is 11.1 Å².